The number of hydrogen-bond acceptors (Lipinski definition) is 4. The van der Waals surface area contributed by atoms with Crippen LogP contribution in [0.25, 0.3) is 0 Å². The van der Waals surface area contributed by atoms with E-state index in [2.05, 4.69) is 5.32 Å². The second-order valence-corrected chi connectivity index (χ2v) is 3.06. The van der Waals surface area contributed by atoms with Crippen molar-refractivity contribution in [1.29, 1.82) is 0 Å². The number of ether oxygens (including phenoxy) is 2. The maximum atomic E-state index is 11.2. The van der Waals surface area contributed by atoms with Gasteiger partial charge in [0.25, 0.3) is 0 Å². The van der Waals surface area contributed by atoms with Crippen LogP contribution < -0.4 is 14.8 Å². The van der Waals surface area contributed by atoms with Crippen LogP contribution in [-0.4, -0.2) is 25.5 Å². The number of hydrogen-bond donors (Lipinski definition) is 1. The first kappa shape index (κ1) is 12.0. The lowest BCUT2D eigenvalue weighted by atomic mass is 10.3. The Bertz CT molecular complexity index is 372. The van der Waals surface area contributed by atoms with Gasteiger partial charge in [-0.05, 0) is 24.3 Å². The van der Waals surface area contributed by atoms with Crippen molar-refractivity contribution in [3.05, 3.63) is 24.3 Å². The lowest BCUT2D eigenvalue weighted by Gasteiger charge is -2.05. The van der Waals surface area contributed by atoms with Crippen LogP contribution in [-0.2, 0) is 9.59 Å². The summed E-state index contributed by atoms with van der Waals surface area (Å²) in [5, 5.41) is 2.35. The van der Waals surface area contributed by atoms with Crippen molar-refractivity contribution in [1.82, 2.24) is 5.32 Å². The normalized spacial score (nSPS) is 9.38. The van der Waals surface area contributed by atoms with Gasteiger partial charge >= 0.3 is 5.97 Å². The SMILES string of the molecule is COc1ccc(OC(=O)CNC(C)=O)cc1. The maximum absolute atomic E-state index is 11.2. The van der Waals surface area contributed by atoms with Crippen molar-refractivity contribution in [2.24, 2.45) is 0 Å². The Morgan fingerprint density at radius 3 is 2.25 bits per heavy atom. The van der Waals surface area contributed by atoms with E-state index in [1.165, 1.54) is 6.92 Å². The molecule has 1 amide bonds. The van der Waals surface area contributed by atoms with E-state index >= 15 is 0 Å². The summed E-state index contributed by atoms with van der Waals surface area (Å²) in [4.78, 5) is 21.8. The Balaban J connectivity index is 2.46. The highest BCUT2D eigenvalue weighted by Crippen LogP contribution is 2.16. The minimum atomic E-state index is -0.514. The van der Waals surface area contributed by atoms with Crippen LogP contribution in [0.3, 0.4) is 0 Å². The Morgan fingerprint density at radius 2 is 1.75 bits per heavy atom. The summed E-state index contributed by atoms with van der Waals surface area (Å²) in [7, 11) is 1.55. The smallest absolute Gasteiger partial charge is 0.330 e. The third kappa shape index (κ3) is 4.00. The first-order valence-corrected chi connectivity index (χ1v) is 4.71. The molecule has 0 aliphatic heterocycles. The van der Waals surface area contributed by atoms with Crippen molar-refractivity contribution in [3.63, 3.8) is 0 Å². The molecule has 0 aromatic heterocycles. The minimum absolute atomic E-state index is 0.138. The molecule has 5 heteroatoms. The molecule has 86 valence electrons. The van der Waals surface area contributed by atoms with Crippen molar-refractivity contribution in [3.8, 4) is 11.5 Å². The van der Waals surface area contributed by atoms with E-state index in [1.54, 1.807) is 31.4 Å². The summed E-state index contributed by atoms with van der Waals surface area (Å²) >= 11 is 0. The summed E-state index contributed by atoms with van der Waals surface area (Å²) in [6.07, 6.45) is 0. The highest BCUT2D eigenvalue weighted by Gasteiger charge is 2.05. The molecular weight excluding hydrogens is 210 g/mol. The molecule has 0 spiro atoms. The number of amides is 1. The molecule has 0 atom stereocenters. The van der Waals surface area contributed by atoms with Crippen LogP contribution in [0, 0.1) is 0 Å². The fourth-order valence-electron chi connectivity index (χ4n) is 1.01. The monoisotopic (exact) mass is 223 g/mol. The zero-order valence-corrected chi connectivity index (χ0v) is 9.15. The van der Waals surface area contributed by atoms with Gasteiger partial charge < -0.3 is 14.8 Å². The van der Waals surface area contributed by atoms with Crippen LogP contribution in [0.1, 0.15) is 6.92 Å². The number of esters is 1. The van der Waals surface area contributed by atoms with Crippen LogP contribution in [0.4, 0.5) is 0 Å². The summed E-state index contributed by atoms with van der Waals surface area (Å²) in [6.45, 7) is 1.20. The quantitative estimate of drug-likeness (QED) is 0.604. The molecule has 1 rings (SSSR count). The molecule has 0 unspecified atom stereocenters. The highest BCUT2D eigenvalue weighted by atomic mass is 16.5. The molecule has 0 radical (unpaired) electrons. The standard InChI is InChI=1S/C11H13NO4/c1-8(13)12-7-11(14)16-10-5-3-9(15-2)4-6-10/h3-6H,7H2,1-2H3,(H,12,13). The van der Waals surface area contributed by atoms with Gasteiger partial charge in [0.15, 0.2) is 0 Å². The lowest BCUT2D eigenvalue weighted by Crippen LogP contribution is -2.29. The van der Waals surface area contributed by atoms with Gasteiger partial charge in [0.05, 0.1) is 7.11 Å². The van der Waals surface area contributed by atoms with Crippen molar-refractivity contribution < 1.29 is 19.1 Å². The first-order valence-electron chi connectivity index (χ1n) is 4.71. The second kappa shape index (κ2) is 5.75. The van der Waals surface area contributed by atoms with E-state index in [1.807, 2.05) is 0 Å². The largest absolute Gasteiger partial charge is 0.497 e. The molecular formula is C11H13NO4. The van der Waals surface area contributed by atoms with Gasteiger partial charge in [-0.15, -0.1) is 0 Å². The molecule has 0 saturated carbocycles. The molecule has 0 bridgehead atoms. The summed E-state index contributed by atoms with van der Waals surface area (Å²) < 4.78 is 9.91. The van der Waals surface area contributed by atoms with Crippen molar-refractivity contribution in [2.75, 3.05) is 13.7 Å². The zero-order chi connectivity index (χ0) is 12.0. The third-order valence-electron chi connectivity index (χ3n) is 1.77. The van der Waals surface area contributed by atoms with Crippen LogP contribution in [0.2, 0.25) is 0 Å². The Labute approximate surface area is 93.4 Å². The fourth-order valence-corrected chi connectivity index (χ4v) is 1.01. The molecule has 0 saturated heterocycles. The molecule has 16 heavy (non-hydrogen) atoms. The predicted octanol–water partition coefficient (Wildman–Crippen LogP) is 0.737. The molecule has 0 heterocycles. The molecule has 0 aliphatic carbocycles. The topological polar surface area (TPSA) is 64.6 Å². The number of rotatable bonds is 4. The van der Waals surface area contributed by atoms with E-state index in [9.17, 15) is 9.59 Å². The van der Waals surface area contributed by atoms with Gasteiger partial charge in [-0.1, -0.05) is 0 Å². The van der Waals surface area contributed by atoms with E-state index in [-0.39, 0.29) is 12.5 Å². The first-order chi connectivity index (χ1) is 7.61. The minimum Gasteiger partial charge on any atom is -0.497 e. The van der Waals surface area contributed by atoms with Crippen molar-refractivity contribution >= 4 is 11.9 Å². The zero-order valence-electron chi connectivity index (χ0n) is 9.15. The summed E-state index contributed by atoms with van der Waals surface area (Å²) in [6, 6.07) is 6.59. The molecule has 1 N–H and O–H groups in total. The molecule has 1 aromatic rings. The molecule has 0 aliphatic rings. The van der Waals surface area contributed by atoms with Gasteiger partial charge in [0, 0.05) is 6.92 Å². The lowest BCUT2D eigenvalue weighted by molar-refractivity contribution is -0.135. The number of carbonyl (C=O) groups is 2. The van der Waals surface area contributed by atoms with Gasteiger partial charge in [-0.2, -0.15) is 0 Å². The van der Waals surface area contributed by atoms with E-state index in [0.717, 1.165) is 0 Å². The van der Waals surface area contributed by atoms with Gasteiger partial charge in [0.2, 0.25) is 5.91 Å². The Kier molecular flexibility index (Phi) is 4.32. The van der Waals surface area contributed by atoms with E-state index < -0.39 is 5.97 Å². The number of nitrogens with one attached hydrogen (secondary N) is 1. The van der Waals surface area contributed by atoms with Gasteiger partial charge in [-0.3, -0.25) is 4.79 Å². The van der Waals surface area contributed by atoms with Gasteiger partial charge in [-0.25, -0.2) is 4.79 Å². The van der Waals surface area contributed by atoms with Crippen LogP contribution in [0.15, 0.2) is 24.3 Å². The van der Waals surface area contributed by atoms with Crippen molar-refractivity contribution in [2.45, 2.75) is 6.92 Å². The number of carbonyl (C=O) groups excluding carboxylic acids is 2. The Morgan fingerprint density at radius 1 is 1.19 bits per heavy atom. The van der Waals surface area contributed by atoms with Crippen LogP contribution in [0.5, 0.6) is 11.5 Å². The number of benzene rings is 1. The van der Waals surface area contributed by atoms with E-state index in [4.69, 9.17) is 9.47 Å². The van der Waals surface area contributed by atoms with Gasteiger partial charge in [0.1, 0.15) is 18.0 Å². The average molecular weight is 223 g/mol. The van der Waals surface area contributed by atoms with Crippen LogP contribution >= 0.6 is 0 Å². The molecule has 1 aromatic carbocycles. The average Bonchev–Trinajstić information content (AvgIpc) is 2.27. The van der Waals surface area contributed by atoms with E-state index in [0.29, 0.717) is 11.5 Å². The molecule has 0 fully saturated rings. The third-order valence-corrected chi connectivity index (χ3v) is 1.77. The summed E-state index contributed by atoms with van der Waals surface area (Å²) in [5.74, 6) is 0.310. The number of methoxy groups -OCH3 is 1. The second-order valence-electron chi connectivity index (χ2n) is 3.06. The molecule has 5 nitrogen and oxygen atoms in total. The highest BCUT2D eigenvalue weighted by molar-refractivity contribution is 5.81. The fraction of sp³-hybridized carbons (Fsp3) is 0.273. The Hall–Kier alpha value is -2.04. The maximum Gasteiger partial charge on any atom is 0.330 e. The summed E-state index contributed by atoms with van der Waals surface area (Å²) in [5.41, 5.74) is 0. The predicted molar refractivity (Wildman–Crippen MR) is 57.3 cm³/mol.